The number of imidazole rings is 1. The second-order valence-corrected chi connectivity index (χ2v) is 3.78. The number of aliphatic hydroxyl groups is 1. The molecule has 0 amide bonds. The number of hydrogen-bond donors (Lipinski definition) is 2. The Labute approximate surface area is 92.5 Å². The highest BCUT2D eigenvalue weighted by Crippen LogP contribution is 2.20. The van der Waals surface area contributed by atoms with E-state index in [0.29, 0.717) is 23.3 Å². The van der Waals surface area contributed by atoms with Crippen molar-refractivity contribution in [3.05, 3.63) is 29.8 Å². The molecule has 0 saturated carbocycles. The molecule has 16 heavy (non-hydrogen) atoms. The average molecular weight is 223 g/mol. The maximum atomic E-state index is 13.1. The number of halogens is 1. The van der Waals surface area contributed by atoms with Crippen molar-refractivity contribution in [2.45, 2.75) is 12.5 Å². The van der Waals surface area contributed by atoms with E-state index in [1.807, 2.05) is 0 Å². The number of aryl methyl sites for hydroxylation is 1. The van der Waals surface area contributed by atoms with Gasteiger partial charge in [0.15, 0.2) is 0 Å². The second-order valence-electron chi connectivity index (χ2n) is 3.78. The Morgan fingerprint density at radius 3 is 3.00 bits per heavy atom. The van der Waals surface area contributed by atoms with Crippen LogP contribution in [-0.2, 0) is 7.05 Å². The molecule has 0 radical (unpaired) electrons. The molecule has 0 aliphatic rings. The molecule has 0 fully saturated rings. The van der Waals surface area contributed by atoms with E-state index in [4.69, 9.17) is 10.8 Å². The van der Waals surface area contributed by atoms with Crippen LogP contribution >= 0.6 is 0 Å². The minimum absolute atomic E-state index is 0.0126. The molecule has 2 rings (SSSR count). The highest BCUT2D eigenvalue weighted by molar-refractivity contribution is 5.76. The molecule has 0 saturated heterocycles. The van der Waals surface area contributed by atoms with Crippen LogP contribution in [0.3, 0.4) is 0 Å². The van der Waals surface area contributed by atoms with Gasteiger partial charge in [0.05, 0.1) is 17.1 Å². The third-order valence-electron chi connectivity index (χ3n) is 2.65. The van der Waals surface area contributed by atoms with Crippen LogP contribution in [0.5, 0.6) is 0 Å². The Morgan fingerprint density at radius 2 is 2.31 bits per heavy atom. The molecule has 86 valence electrons. The van der Waals surface area contributed by atoms with Crippen LogP contribution in [-0.4, -0.2) is 21.3 Å². The van der Waals surface area contributed by atoms with E-state index < -0.39 is 0 Å². The Bertz CT molecular complexity index is 509. The molecule has 1 heterocycles. The first-order chi connectivity index (χ1) is 7.63. The quantitative estimate of drug-likeness (QED) is 0.818. The summed E-state index contributed by atoms with van der Waals surface area (Å²) >= 11 is 0. The summed E-state index contributed by atoms with van der Waals surface area (Å²) in [6.07, 6.45) is 0.444. The van der Waals surface area contributed by atoms with Gasteiger partial charge in [-0.25, -0.2) is 9.37 Å². The van der Waals surface area contributed by atoms with Gasteiger partial charge in [0.25, 0.3) is 0 Å². The molecule has 2 aromatic rings. The summed E-state index contributed by atoms with van der Waals surface area (Å²) < 4.78 is 14.8. The number of aromatic nitrogens is 2. The highest BCUT2D eigenvalue weighted by atomic mass is 19.1. The Morgan fingerprint density at radius 1 is 1.56 bits per heavy atom. The molecule has 3 N–H and O–H groups in total. The number of benzene rings is 1. The summed E-state index contributed by atoms with van der Waals surface area (Å²) in [4.78, 5) is 4.33. The SMILES string of the molecule is Cn1c(C(N)CCO)nc2ccc(F)cc21. The van der Waals surface area contributed by atoms with Gasteiger partial charge in [0, 0.05) is 13.7 Å². The highest BCUT2D eigenvalue weighted by Gasteiger charge is 2.14. The number of aliphatic hydroxyl groups excluding tert-OH is 1. The van der Waals surface area contributed by atoms with Gasteiger partial charge in [-0.3, -0.25) is 0 Å². The third kappa shape index (κ3) is 1.79. The van der Waals surface area contributed by atoms with Gasteiger partial charge in [0.1, 0.15) is 11.6 Å². The lowest BCUT2D eigenvalue weighted by atomic mass is 10.2. The third-order valence-corrected chi connectivity index (χ3v) is 2.65. The van der Waals surface area contributed by atoms with E-state index in [1.54, 1.807) is 17.7 Å². The van der Waals surface area contributed by atoms with E-state index in [0.717, 1.165) is 0 Å². The van der Waals surface area contributed by atoms with Gasteiger partial charge in [-0.1, -0.05) is 0 Å². The molecule has 5 heteroatoms. The molecular formula is C11H14FN3O. The van der Waals surface area contributed by atoms with Crippen LogP contribution in [0.25, 0.3) is 11.0 Å². The van der Waals surface area contributed by atoms with Crippen LogP contribution in [0.1, 0.15) is 18.3 Å². The maximum absolute atomic E-state index is 13.1. The topological polar surface area (TPSA) is 64.1 Å². The summed E-state index contributed by atoms with van der Waals surface area (Å²) in [5, 5.41) is 8.83. The Hall–Kier alpha value is -1.46. The van der Waals surface area contributed by atoms with Gasteiger partial charge < -0.3 is 15.4 Å². The van der Waals surface area contributed by atoms with Crippen LogP contribution in [0.15, 0.2) is 18.2 Å². The number of hydrogen-bond acceptors (Lipinski definition) is 3. The second kappa shape index (κ2) is 4.19. The van der Waals surface area contributed by atoms with E-state index in [2.05, 4.69) is 4.98 Å². The van der Waals surface area contributed by atoms with Gasteiger partial charge in [-0.05, 0) is 24.6 Å². The first-order valence-electron chi connectivity index (χ1n) is 5.12. The Balaban J connectivity index is 2.51. The summed E-state index contributed by atoms with van der Waals surface area (Å²) in [5.74, 6) is 0.368. The zero-order valence-electron chi connectivity index (χ0n) is 9.02. The van der Waals surface area contributed by atoms with Crippen molar-refractivity contribution in [3.8, 4) is 0 Å². The molecule has 0 bridgehead atoms. The zero-order chi connectivity index (χ0) is 11.7. The molecule has 0 aliphatic carbocycles. The van der Waals surface area contributed by atoms with Crippen LogP contribution < -0.4 is 5.73 Å². The molecule has 1 aromatic heterocycles. The fourth-order valence-electron chi connectivity index (χ4n) is 1.78. The fraction of sp³-hybridized carbons (Fsp3) is 0.364. The standard InChI is InChI=1S/C11H14FN3O/c1-15-10-6-7(12)2-3-9(10)14-11(15)8(13)4-5-16/h2-3,6,8,16H,4-5,13H2,1H3. The van der Waals surface area contributed by atoms with Crippen molar-refractivity contribution in [1.29, 1.82) is 0 Å². The van der Waals surface area contributed by atoms with Crippen molar-refractivity contribution >= 4 is 11.0 Å². The normalized spacial score (nSPS) is 13.2. The number of nitrogens with two attached hydrogens (primary N) is 1. The summed E-state index contributed by atoms with van der Waals surface area (Å²) in [7, 11) is 1.79. The average Bonchev–Trinajstić information content (AvgIpc) is 2.57. The monoisotopic (exact) mass is 223 g/mol. The smallest absolute Gasteiger partial charge is 0.126 e. The zero-order valence-corrected chi connectivity index (χ0v) is 9.02. The lowest BCUT2D eigenvalue weighted by molar-refractivity contribution is 0.274. The van der Waals surface area contributed by atoms with Crippen molar-refractivity contribution < 1.29 is 9.50 Å². The van der Waals surface area contributed by atoms with E-state index in [1.165, 1.54) is 12.1 Å². The molecule has 0 spiro atoms. The Kier molecular flexibility index (Phi) is 2.89. The summed E-state index contributed by atoms with van der Waals surface area (Å²) in [5.41, 5.74) is 7.30. The van der Waals surface area contributed by atoms with E-state index in [9.17, 15) is 4.39 Å². The number of nitrogens with zero attached hydrogens (tertiary/aromatic N) is 2. The van der Waals surface area contributed by atoms with Crippen LogP contribution in [0.4, 0.5) is 4.39 Å². The number of fused-ring (bicyclic) bond motifs is 1. The van der Waals surface area contributed by atoms with E-state index >= 15 is 0 Å². The van der Waals surface area contributed by atoms with Gasteiger partial charge in [-0.2, -0.15) is 0 Å². The molecule has 1 aromatic carbocycles. The first kappa shape index (κ1) is 11.0. The summed E-state index contributed by atoms with van der Waals surface area (Å²) in [6.45, 7) is 0.0126. The summed E-state index contributed by atoms with van der Waals surface area (Å²) in [6, 6.07) is 4.10. The molecule has 1 unspecified atom stereocenters. The fourth-order valence-corrected chi connectivity index (χ4v) is 1.78. The lowest BCUT2D eigenvalue weighted by Gasteiger charge is -2.09. The minimum atomic E-state index is -0.328. The first-order valence-corrected chi connectivity index (χ1v) is 5.12. The largest absolute Gasteiger partial charge is 0.396 e. The molecule has 0 aliphatic heterocycles. The number of rotatable bonds is 3. The molecule has 1 atom stereocenters. The minimum Gasteiger partial charge on any atom is -0.396 e. The predicted molar refractivity (Wildman–Crippen MR) is 59.3 cm³/mol. The van der Waals surface area contributed by atoms with E-state index in [-0.39, 0.29) is 18.5 Å². The van der Waals surface area contributed by atoms with Crippen molar-refractivity contribution in [2.24, 2.45) is 12.8 Å². The lowest BCUT2D eigenvalue weighted by Crippen LogP contribution is -2.16. The maximum Gasteiger partial charge on any atom is 0.126 e. The van der Waals surface area contributed by atoms with Crippen LogP contribution in [0.2, 0.25) is 0 Å². The molecular weight excluding hydrogens is 209 g/mol. The van der Waals surface area contributed by atoms with Gasteiger partial charge in [0.2, 0.25) is 0 Å². The van der Waals surface area contributed by atoms with Gasteiger partial charge >= 0.3 is 0 Å². The van der Waals surface area contributed by atoms with Crippen molar-refractivity contribution in [3.63, 3.8) is 0 Å². The van der Waals surface area contributed by atoms with Gasteiger partial charge in [-0.15, -0.1) is 0 Å². The molecule has 4 nitrogen and oxygen atoms in total. The van der Waals surface area contributed by atoms with Crippen molar-refractivity contribution in [1.82, 2.24) is 9.55 Å². The van der Waals surface area contributed by atoms with Crippen molar-refractivity contribution in [2.75, 3.05) is 6.61 Å². The predicted octanol–water partition coefficient (Wildman–Crippen LogP) is 1.09. The van der Waals surface area contributed by atoms with Crippen LogP contribution in [0, 0.1) is 5.82 Å².